The Kier molecular flexibility index (Phi) is 4.68. The van der Waals surface area contributed by atoms with Crippen molar-refractivity contribution in [3.63, 3.8) is 0 Å². The Morgan fingerprint density at radius 1 is 0.870 bits per heavy atom. The van der Waals surface area contributed by atoms with Gasteiger partial charge in [-0.15, -0.1) is 0 Å². The number of hydrogen-bond acceptors (Lipinski definition) is 1. The number of hydrogen-bond donors (Lipinski definition) is 0. The third-order valence-electron chi connectivity index (χ3n) is 3.93. The van der Waals surface area contributed by atoms with Gasteiger partial charge in [-0.3, -0.25) is 0 Å². The van der Waals surface area contributed by atoms with Gasteiger partial charge in [0.2, 0.25) is 0 Å². The number of halogens is 1. The van der Waals surface area contributed by atoms with E-state index in [2.05, 4.69) is 49.4 Å². The maximum absolute atomic E-state index is 6.13. The molecule has 0 unspecified atom stereocenters. The highest BCUT2D eigenvalue weighted by atomic mass is 35.5. The summed E-state index contributed by atoms with van der Waals surface area (Å²) in [5, 5.41) is 0.730. The molecule has 3 aromatic carbocycles. The third-order valence-corrected chi connectivity index (χ3v) is 4.16. The van der Waals surface area contributed by atoms with Crippen molar-refractivity contribution < 1.29 is 4.74 Å². The zero-order chi connectivity index (χ0) is 16.2. The second-order valence-corrected chi connectivity index (χ2v) is 6.14. The first-order chi connectivity index (χ1) is 11.2. The minimum atomic E-state index is 0.730. The van der Waals surface area contributed by atoms with E-state index in [1.54, 1.807) is 7.11 Å². The van der Waals surface area contributed by atoms with E-state index in [0.717, 1.165) is 28.3 Å². The van der Waals surface area contributed by atoms with Crippen LogP contribution in [0, 0.1) is 6.92 Å². The summed E-state index contributed by atoms with van der Waals surface area (Å²) in [6.45, 7) is 2.11. The quantitative estimate of drug-likeness (QED) is 0.579. The number of aryl methyl sites for hydroxylation is 1. The molecule has 0 saturated carbocycles. The van der Waals surface area contributed by atoms with Crippen molar-refractivity contribution >= 4 is 11.6 Å². The predicted molar refractivity (Wildman–Crippen MR) is 97.4 cm³/mol. The van der Waals surface area contributed by atoms with E-state index in [1.807, 2.05) is 24.3 Å². The van der Waals surface area contributed by atoms with Crippen molar-refractivity contribution in [1.29, 1.82) is 0 Å². The second kappa shape index (κ2) is 6.89. The Hall–Kier alpha value is -2.25. The molecule has 0 aliphatic rings. The van der Waals surface area contributed by atoms with Crippen LogP contribution in [0.2, 0.25) is 5.02 Å². The van der Waals surface area contributed by atoms with Crippen LogP contribution in [0.25, 0.3) is 11.1 Å². The molecule has 116 valence electrons. The first-order valence-electron chi connectivity index (χ1n) is 7.64. The third kappa shape index (κ3) is 3.75. The molecule has 2 heteroatoms. The van der Waals surface area contributed by atoms with Gasteiger partial charge < -0.3 is 4.74 Å². The molecule has 0 bridgehead atoms. The molecule has 23 heavy (non-hydrogen) atoms. The van der Waals surface area contributed by atoms with Crippen molar-refractivity contribution in [2.45, 2.75) is 13.3 Å². The SMILES string of the molecule is COc1ccc(Cc2ccc(C)cc2)cc1-c1cccc(Cl)c1. The van der Waals surface area contributed by atoms with Crippen molar-refractivity contribution in [2.24, 2.45) is 0 Å². The molecule has 0 amide bonds. The average Bonchev–Trinajstić information content (AvgIpc) is 2.57. The average molecular weight is 323 g/mol. The number of ether oxygens (including phenoxy) is 1. The monoisotopic (exact) mass is 322 g/mol. The minimum Gasteiger partial charge on any atom is -0.496 e. The summed E-state index contributed by atoms with van der Waals surface area (Å²) >= 11 is 6.13. The van der Waals surface area contributed by atoms with E-state index in [9.17, 15) is 0 Å². The minimum absolute atomic E-state index is 0.730. The fourth-order valence-corrected chi connectivity index (χ4v) is 2.88. The van der Waals surface area contributed by atoms with Crippen LogP contribution >= 0.6 is 11.6 Å². The lowest BCUT2D eigenvalue weighted by atomic mass is 9.98. The van der Waals surface area contributed by atoms with Crippen LogP contribution in [0.5, 0.6) is 5.75 Å². The Labute approximate surface area is 142 Å². The fourth-order valence-electron chi connectivity index (χ4n) is 2.69. The molecule has 1 nitrogen and oxygen atoms in total. The van der Waals surface area contributed by atoms with Gasteiger partial charge in [0.05, 0.1) is 7.11 Å². The Morgan fingerprint density at radius 2 is 1.61 bits per heavy atom. The van der Waals surface area contributed by atoms with Gasteiger partial charge in [0.15, 0.2) is 0 Å². The number of rotatable bonds is 4. The van der Waals surface area contributed by atoms with Crippen LogP contribution in [0.3, 0.4) is 0 Å². The van der Waals surface area contributed by atoms with Crippen molar-refractivity contribution in [3.05, 3.63) is 88.4 Å². The number of benzene rings is 3. The summed E-state index contributed by atoms with van der Waals surface area (Å²) in [5.41, 5.74) is 5.98. The lowest BCUT2D eigenvalue weighted by Gasteiger charge is -2.12. The van der Waals surface area contributed by atoms with E-state index >= 15 is 0 Å². The van der Waals surface area contributed by atoms with E-state index in [0.29, 0.717) is 0 Å². The topological polar surface area (TPSA) is 9.23 Å². The molecule has 0 fully saturated rings. The van der Waals surface area contributed by atoms with Gasteiger partial charge in [-0.05, 0) is 54.3 Å². The van der Waals surface area contributed by atoms with E-state index < -0.39 is 0 Å². The first kappa shape index (κ1) is 15.6. The van der Waals surface area contributed by atoms with Crippen molar-refractivity contribution in [3.8, 4) is 16.9 Å². The van der Waals surface area contributed by atoms with Gasteiger partial charge in [0, 0.05) is 10.6 Å². The summed E-state index contributed by atoms with van der Waals surface area (Å²) in [5.74, 6) is 0.861. The van der Waals surface area contributed by atoms with Gasteiger partial charge in [-0.1, -0.05) is 59.6 Å². The zero-order valence-electron chi connectivity index (χ0n) is 13.3. The smallest absolute Gasteiger partial charge is 0.126 e. The highest BCUT2D eigenvalue weighted by molar-refractivity contribution is 6.30. The van der Waals surface area contributed by atoms with Gasteiger partial charge in [-0.2, -0.15) is 0 Å². The zero-order valence-corrected chi connectivity index (χ0v) is 14.1. The molecule has 3 rings (SSSR count). The van der Waals surface area contributed by atoms with Gasteiger partial charge >= 0.3 is 0 Å². The predicted octanol–water partition coefficient (Wildman–Crippen LogP) is 5.91. The number of methoxy groups -OCH3 is 1. The molecule has 0 radical (unpaired) electrons. The van der Waals surface area contributed by atoms with E-state index in [1.165, 1.54) is 16.7 Å². The van der Waals surface area contributed by atoms with Gasteiger partial charge in [-0.25, -0.2) is 0 Å². The van der Waals surface area contributed by atoms with E-state index in [-0.39, 0.29) is 0 Å². The molecule has 0 spiro atoms. The van der Waals surface area contributed by atoms with Crippen LogP contribution in [0.4, 0.5) is 0 Å². The van der Waals surface area contributed by atoms with Crippen LogP contribution in [0.1, 0.15) is 16.7 Å². The van der Waals surface area contributed by atoms with Crippen LogP contribution in [0.15, 0.2) is 66.7 Å². The van der Waals surface area contributed by atoms with Crippen LogP contribution in [-0.2, 0) is 6.42 Å². The molecule has 0 aliphatic carbocycles. The molecule has 0 heterocycles. The molecule has 0 aliphatic heterocycles. The van der Waals surface area contributed by atoms with Gasteiger partial charge in [0.25, 0.3) is 0 Å². The van der Waals surface area contributed by atoms with Gasteiger partial charge in [0.1, 0.15) is 5.75 Å². The highest BCUT2D eigenvalue weighted by Crippen LogP contribution is 2.32. The Morgan fingerprint density at radius 3 is 2.30 bits per heavy atom. The van der Waals surface area contributed by atoms with Crippen LogP contribution in [-0.4, -0.2) is 7.11 Å². The summed E-state index contributed by atoms with van der Waals surface area (Å²) in [6.07, 6.45) is 0.901. The standard InChI is InChI=1S/C21H19ClO/c1-15-6-8-16(9-7-15)12-17-10-11-21(23-2)20(13-17)18-4-3-5-19(22)14-18/h3-11,13-14H,12H2,1-2H3. The fraction of sp³-hybridized carbons (Fsp3) is 0.143. The highest BCUT2D eigenvalue weighted by Gasteiger charge is 2.08. The maximum atomic E-state index is 6.13. The summed E-state index contributed by atoms with van der Waals surface area (Å²) in [6, 6.07) is 22.9. The largest absolute Gasteiger partial charge is 0.496 e. The molecular weight excluding hydrogens is 304 g/mol. The van der Waals surface area contributed by atoms with Crippen LogP contribution < -0.4 is 4.74 Å². The summed E-state index contributed by atoms with van der Waals surface area (Å²) in [4.78, 5) is 0. The normalized spacial score (nSPS) is 10.6. The molecule has 0 aromatic heterocycles. The lowest BCUT2D eigenvalue weighted by molar-refractivity contribution is 0.416. The first-order valence-corrected chi connectivity index (χ1v) is 8.02. The molecule has 0 saturated heterocycles. The molecule has 0 N–H and O–H groups in total. The van der Waals surface area contributed by atoms with E-state index in [4.69, 9.17) is 16.3 Å². The molecule has 0 atom stereocenters. The maximum Gasteiger partial charge on any atom is 0.126 e. The van der Waals surface area contributed by atoms with Crippen molar-refractivity contribution in [1.82, 2.24) is 0 Å². The summed E-state index contributed by atoms with van der Waals surface area (Å²) < 4.78 is 5.52. The molecular formula is C21H19ClO. The van der Waals surface area contributed by atoms with Crippen molar-refractivity contribution in [2.75, 3.05) is 7.11 Å². The molecule has 3 aromatic rings. The Balaban J connectivity index is 1.97. The Bertz CT molecular complexity index is 806. The lowest BCUT2D eigenvalue weighted by Crippen LogP contribution is -1.93. The summed E-state index contributed by atoms with van der Waals surface area (Å²) in [7, 11) is 1.70. The second-order valence-electron chi connectivity index (χ2n) is 5.71.